The number of anilines is 1. The van der Waals surface area contributed by atoms with Crippen molar-refractivity contribution < 1.29 is 4.79 Å². The highest BCUT2D eigenvalue weighted by atomic mass is 28.3. The molecule has 0 aliphatic carbocycles. The second kappa shape index (κ2) is 3.97. The minimum Gasteiger partial charge on any atom is -0.328 e. The van der Waals surface area contributed by atoms with Crippen molar-refractivity contribution in [3.63, 3.8) is 0 Å². The van der Waals surface area contributed by atoms with E-state index in [1.807, 2.05) is 19.6 Å². The fourth-order valence-electron chi connectivity index (χ4n) is 1.16. The fourth-order valence-corrected chi connectivity index (χ4v) is 2.31. The zero-order valence-electron chi connectivity index (χ0n) is 9.37. The van der Waals surface area contributed by atoms with Crippen molar-refractivity contribution in [1.82, 2.24) is 9.22 Å². The highest BCUT2D eigenvalue weighted by molar-refractivity contribution is 6.74. The van der Waals surface area contributed by atoms with E-state index in [9.17, 15) is 9.59 Å². The molecule has 1 amide bonds. The summed E-state index contributed by atoms with van der Waals surface area (Å²) in [6, 6.07) is 1.64. The SMILES string of the molecule is CC(=O)Nc1ccn([Si](C)(C)C)c(=O)n1. The number of carbonyl (C=O) groups excluding carboxylic acids is 1. The first kappa shape index (κ1) is 11.6. The summed E-state index contributed by atoms with van der Waals surface area (Å²) in [4.78, 5) is 26.1. The molecule has 0 aromatic carbocycles. The third-order valence-corrected chi connectivity index (χ3v) is 3.62. The molecule has 0 unspecified atom stereocenters. The first-order valence-corrected chi connectivity index (χ1v) is 8.13. The smallest absolute Gasteiger partial charge is 0.328 e. The summed E-state index contributed by atoms with van der Waals surface area (Å²) in [5.74, 6) is 0.0784. The minimum absolute atomic E-state index is 0.229. The molecule has 1 aromatic heterocycles. The number of aromatic nitrogens is 2. The molecule has 82 valence electrons. The van der Waals surface area contributed by atoms with Crippen LogP contribution in [0.3, 0.4) is 0 Å². The van der Waals surface area contributed by atoms with E-state index in [0.717, 1.165) is 0 Å². The van der Waals surface area contributed by atoms with E-state index in [-0.39, 0.29) is 11.6 Å². The van der Waals surface area contributed by atoms with Gasteiger partial charge in [-0.1, -0.05) is 19.6 Å². The van der Waals surface area contributed by atoms with Crippen molar-refractivity contribution in [2.45, 2.75) is 26.6 Å². The van der Waals surface area contributed by atoms with Gasteiger partial charge in [-0.2, -0.15) is 4.98 Å². The van der Waals surface area contributed by atoms with Crippen molar-refractivity contribution in [3.05, 3.63) is 22.7 Å². The van der Waals surface area contributed by atoms with Crippen LogP contribution in [0.4, 0.5) is 5.82 Å². The van der Waals surface area contributed by atoms with Crippen molar-refractivity contribution >= 4 is 20.0 Å². The number of amides is 1. The Morgan fingerprint density at radius 2 is 2.07 bits per heavy atom. The topological polar surface area (TPSA) is 64.0 Å². The van der Waals surface area contributed by atoms with Gasteiger partial charge in [0.05, 0.1) is 0 Å². The third-order valence-electron chi connectivity index (χ3n) is 1.83. The van der Waals surface area contributed by atoms with Crippen LogP contribution in [0.2, 0.25) is 19.6 Å². The fraction of sp³-hybridized carbons (Fsp3) is 0.444. The van der Waals surface area contributed by atoms with Gasteiger partial charge in [-0.15, -0.1) is 0 Å². The summed E-state index contributed by atoms with van der Waals surface area (Å²) in [5, 5.41) is 2.48. The molecule has 0 fully saturated rings. The van der Waals surface area contributed by atoms with Crippen LogP contribution in [0.15, 0.2) is 17.1 Å². The summed E-state index contributed by atoms with van der Waals surface area (Å²) >= 11 is 0. The highest BCUT2D eigenvalue weighted by Gasteiger charge is 2.18. The van der Waals surface area contributed by atoms with Crippen LogP contribution in [0.5, 0.6) is 0 Å². The number of hydrogen-bond donors (Lipinski definition) is 1. The van der Waals surface area contributed by atoms with Crippen LogP contribution >= 0.6 is 0 Å². The molecule has 0 bridgehead atoms. The normalized spacial score (nSPS) is 11.2. The Hall–Kier alpha value is -1.43. The highest BCUT2D eigenvalue weighted by Crippen LogP contribution is 2.04. The molecule has 0 aliphatic heterocycles. The second-order valence-electron chi connectivity index (χ2n) is 4.32. The van der Waals surface area contributed by atoms with Gasteiger partial charge in [0.15, 0.2) is 8.24 Å². The molecule has 0 aliphatic rings. The minimum atomic E-state index is -1.71. The van der Waals surface area contributed by atoms with Gasteiger partial charge in [0.1, 0.15) is 5.82 Å². The number of rotatable bonds is 2. The second-order valence-corrected chi connectivity index (χ2v) is 9.14. The summed E-state index contributed by atoms with van der Waals surface area (Å²) < 4.78 is 1.65. The average Bonchev–Trinajstić information content (AvgIpc) is 1.99. The zero-order chi connectivity index (χ0) is 11.6. The Morgan fingerprint density at radius 3 is 2.47 bits per heavy atom. The van der Waals surface area contributed by atoms with Crippen LogP contribution in [-0.4, -0.2) is 23.4 Å². The van der Waals surface area contributed by atoms with E-state index in [4.69, 9.17) is 0 Å². The van der Waals surface area contributed by atoms with E-state index < -0.39 is 8.24 Å². The van der Waals surface area contributed by atoms with Crippen molar-refractivity contribution in [3.8, 4) is 0 Å². The monoisotopic (exact) mass is 225 g/mol. The predicted molar refractivity (Wildman–Crippen MR) is 61.5 cm³/mol. The molecule has 1 heterocycles. The van der Waals surface area contributed by atoms with Gasteiger partial charge in [0.25, 0.3) is 0 Å². The van der Waals surface area contributed by atoms with Gasteiger partial charge in [0, 0.05) is 13.1 Å². The maximum Gasteiger partial charge on any atom is 0.341 e. The molecule has 5 nitrogen and oxygen atoms in total. The lowest BCUT2D eigenvalue weighted by Crippen LogP contribution is -2.42. The molecule has 0 atom stereocenters. The molecule has 6 heteroatoms. The quantitative estimate of drug-likeness (QED) is 0.760. The summed E-state index contributed by atoms with van der Waals surface area (Å²) in [6.45, 7) is 7.53. The van der Waals surface area contributed by atoms with Crippen LogP contribution in [-0.2, 0) is 4.79 Å². The van der Waals surface area contributed by atoms with Crippen molar-refractivity contribution in [1.29, 1.82) is 0 Å². The largest absolute Gasteiger partial charge is 0.341 e. The van der Waals surface area contributed by atoms with Crippen molar-refractivity contribution in [2.75, 3.05) is 5.32 Å². The molecule has 1 N–H and O–H groups in total. The molecule has 1 rings (SSSR count). The van der Waals surface area contributed by atoms with Crippen LogP contribution in [0.25, 0.3) is 0 Å². The standard InChI is InChI=1S/C9H15N3O2Si/c1-7(13)10-8-5-6-12(9(14)11-8)15(2,3)4/h5-6H,1-4H3,(H,10,11,13,14). The molecule has 0 spiro atoms. The molecular weight excluding hydrogens is 210 g/mol. The molecule has 15 heavy (non-hydrogen) atoms. The number of hydrogen-bond acceptors (Lipinski definition) is 3. The van der Waals surface area contributed by atoms with Gasteiger partial charge in [-0.3, -0.25) is 4.79 Å². The van der Waals surface area contributed by atoms with Crippen molar-refractivity contribution in [2.24, 2.45) is 0 Å². The predicted octanol–water partition coefficient (Wildman–Crippen LogP) is 0.885. The Morgan fingerprint density at radius 1 is 1.47 bits per heavy atom. The lowest BCUT2D eigenvalue weighted by molar-refractivity contribution is -0.114. The van der Waals surface area contributed by atoms with Gasteiger partial charge in [0.2, 0.25) is 5.91 Å². The van der Waals surface area contributed by atoms with Crippen LogP contribution in [0, 0.1) is 0 Å². The lowest BCUT2D eigenvalue weighted by Gasteiger charge is -2.18. The van der Waals surface area contributed by atoms with E-state index in [0.29, 0.717) is 5.82 Å². The first-order chi connectivity index (χ1) is 6.80. The molecule has 1 aromatic rings. The molecule has 0 saturated heterocycles. The maximum atomic E-state index is 11.6. The van der Waals surface area contributed by atoms with E-state index in [2.05, 4.69) is 10.3 Å². The van der Waals surface area contributed by atoms with Gasteiger partial charge < -0.3 is 9.55 Å². The average molecular weight is 225 g/mol. The van der Waals surface area contributed by atoms with Crippen LogP contribution in [0.1, 0.15) is 6.92 Å². The van der Waals surface area contributed by atoms with Gasteiger partial charge in [-0.05, 0) is 6.07 Å². The Kier molecular flexibility index (Phi) is 3.08. The lowest BCUT2D eigenvalue weighted by atomic mass is 10.5. The summed E-state index contributed by atoms with van der Waals surface area (Å²) in [5.41, 5.74) is -0.305. The summed E-state index contributed by atoms with van der Waals surface area (Å²) in [7, 11) is -1.71. The first-order valence-electron chi connectivity index (χ1n) is 4.68. The summed E-state index contributed by atoms with van der Waals surface area (Å²) in [6.07, 6.45) is 1.69. The maximum absolute atomic E-state index is 11.6. The van der Waals surface area contributed by atoms with Crippen LogP contribution < -0.4 is 11.0 Å². The van der Waals surface area contributed by atoms with Gasteiger partial charge in [-0.25, -0.2) is 4.79 Å². The van der Waals surface area contributed by atoms with Gasteiger partial charge >= 0.3 is 5.69 Å². The Balaban J connectivity index is 3.10. The van der Waals surface area contributed by atoms with E-state index >= 15 is 0 Å². The number of carbonyl (C=O) groups is 1. The third kappa shape index (κ3) is 3.02. The zero-order valence-corrected chi connectivity index (χ0v) is 10.4. The number of nitrogens with zero attached hydrogens (tertiary/aromatic N) is 2. The Labute approximate surface area is 89.2 Å². The Bertz CT molecular complexity index is 434. The van der Waals surface area contributed by atoms with E-state index in [1.165, 1.54) is 6.92 Å². The number of nitrogens with one attached hydrogen (secondary N) is 1. The molecule has 0 saturated carbocycles. The molecular formula is C9H15N3O2Si. The molecule has 0 radical (unpaired) electrons. The van der Waals surface area contributed by atoms with E-state index in [1.54, 1.807) is 16.5 Å².